The zero-order valence-electron chi connectivity index (χ0n) is 10.4. The molecule has 0 aromatic carbocycles. The predicted molar refractivity (Wildman–Crippen MR) is 67.7 cm³/mol. The summed E-state index contributed by atoms with van der Waals surface area (Å²) < 4.78 is 1.48. The van der Waals surface area contributed by atoms with E-state index in [2.05, 4.69) is 10.4 Å². The molecule has 4 N–H and O–H groups in total. The van der Waals surface area contributed by atoms with E-state index >= 15 is 0 Å². The fourth-order valence-corrected chi connectivity index (χ4v) is 2.32. The molecule has 1 saturated carbocycles. The molecule has 0 unspecified atom stereocenters. The van der Waals surface area contributed by atoms with Gasteiger partial charge in [0.1, 0.15) is 12.4 Å². The largest absolute Gasteiger partial charge is 0.388 e. The number of nitrogens with one attached hydrogen (secondary N) is 1. The molecule has 1 aromatic heterocycles. The second kappa shape index (κ2) is 5.39. The van der Waals surface area contributed by atoms with Gasteiger partial charge in [0.05, 0.1) is 5.60 Å². The number of carbonyl (C=O) groups excluding carboxylic acids is 1. The summed E-state index contributed by atoms with van der Waals surface area (Å²) in [4.78, 5) is 11.7. The molecule has 1 aromatic rings. The summed E-state index contributed by atoms with van der Waals surface area (Å²) in [5, 5.41) is 16.9. The third-order valence-electron chi connectivity index (χ3n) is 3.37. The fraction of sp³-hybridized carbons (Fsp3) is 0.667. The summed E-state index contributed by atoms with van der Waals surface area (Å²) in [6.07, 6.45) is 6.42. The van der Waals surface area contributed by atoms with Crippen molar-refractivity contribution in [1.29, 1.82) is 0 Å². The number of carbonyl (C=O) groups is 1. The monoisotopic (exact) mass is 252 g/mol. The van der Waals surface area contributed by atoms with Gasteiger partial charge in [0, 0.05) is 12.7 Å². The first-order valence-electron chi connectivity index (χ1n) is 6.35. The van der Waals surface area contributed by atoms with Gasteiger partial charge in [-0.3, -0.25) is 9.48 Å². The second-order valence-electron chi connectivity index (χ2n) is 5.00. The lowest BCUT2D eigenvalue weighted by atomic mass is 9.85. The van der Waals surface area contributed by atoms with Gasteiger partial charge in [-0.15, -0.1) is 0 Å². The lowest BCUT2D eigenvalue weighted by molar-refractivity contribution is -0.123. The first-order valence-corrected chi connectivity index (χ1v) is 6.35. The van der Waals surface area contributed by atoms with E-state index in [-0.39, 0.29) is 12.5 Å². The van der Waals surface area contributed by atoms with Crippen LogP contribution in [0.4, 0.5) is 5.82 Å². The van der Waals surface area contributed by atoms with Crippen molar-refractivity contribution in [2.24, 2.45) is 0 Å². The summed E-state index contributed by atoms with van der Waals surface area (Å²) in [6, 6.07) is 1.64. The number of aliphatic hydroxyl groups is 1. The molecule has 6 nitrogen and oxygen atoms in total. The molecule has 1 heterocycles. The topological polar surface area (TPSA) is 93.2 Å². The minimum Gasteiger partial charge on any atom is -0.388 e. The van der Waals surface area contributed by atoms with Crippen molar-refractivity contribution in [3.05, 3.63) is 12.3 Å². The van der Waals surface area contributed by atoms with Crippen LogP contribution in [0.15, 0.2) is 12.3 Å². The van der Waals surface area contributed by atoms with Gasteiger partial charge in [0.15, 0.2) is 0 Å². The van der Waals surface area contributed by atoms with E-state index in [1.54, 1.807) is 12.3 Å². The Labute approximate surface area is 106 Å². The van der Waals surface area contributed by atoms with Gasteiger partial charge in [-0.1, -0.05) is 19.3 Å². The fourth-order valence-electron chi connectivity index (χ4n) is 2.32. The average molecular weight is 252 g/mol. The van der Waals surface area contributed by atoms with Crippen molar-refractivity contribution in [3.8, 4) is 0 Å². The van der Waals surface area contributed by atoms with Crippen molar-refractivity contribution >= 4 is 11.7 Å². The summed E-state index contributed by atoms with van der Waals surface area (Å²) in [7, 11) is 0. The van der Waals surface area contributed by atoms with Crippen LogP contribution < -0.4 is 11.1 Å². The number of rotatable bonds is 4. The van der Waals surface area contributed by atoms with Crippen LogP contribution in [-0.4, -0.2) is 32.9 Å². The Balaban J connectivity index is 1.77. The van der Waals surface area contributed by atoms with Crippen LogP contribution in [0.5, 0.6) is 0 Å². The number of nitrogens with zero attached hydrogens (tertiary/aromatic N) is 2. The van der Waals surface area contributed by atoms with Crippen molar-refractivity contribution < 1.29 is 9.90 Å². The Kier molecular flexibility index (Phi) is 3.86. The zero-order valence-corrected chi connectivity index (χ0v) is 10.4. The molecular weight excluding hydrogens is 232 g/mol. The Bertz CT molecular complexity index is 410. The molecule has 1 aliphatic rings. The molecule has 0 radical (unpaired) electrons. The van der Waals surface area contributed by atoms with E-state index in [0.29, 0.717) is 12.4 Å². The normalized spacial score (nSPS) is 18.5. The summed E-state index contributed by atoms with van der Waals surface area (Å²) in [5.41, 5.74) is 4.74. The minimum atomic E-state index is -0.725. The molecular formula is C12H20N4O2. The van der Waals surface area contributed by atoms with Crippen LogP contribution in [-0.2, 0) is 11.3 Å². The number of amides is 1. The first-order chi connectivity index (χ1) is 8.57. The standard InChI is InChI=1S/C12H20N4O2/c13-10-4-7-16(15-10)8-11(17)14-9-12(18)5-2-1-3-6-12/h4,7,18H,1-3,5-6,8-9H2,(H2,13,15)(H,14,17). The molecule has 0 saturated heterocycles. The number of anilines is 1. The van der Waals surface area contributed by atoms with Gasteiger partial charge in [-0.2, -0.15) is 5.10 Å². The van der Waals surface area contributed by atoms with E-state index in [1.165, 1.54) is 11.1 Å². The predicted octanol–water partition coefficient (Wildman–Crippen LogP) is 0.277. The first kappa shape index (κ1) is 12.9. The molecule has 1 amide bonds. The maximum atomic E-state index is 11.7. The quantitative estimate of drug-likeness (QED) is 0.717. The Morgan fingerprint density at radius 3 is 2.83 bits per heavy atom. The summed E-state index contributed by atoms with van der Waals surface area (Å²) >= 11 is 0. The number of hydrogen-bond acceptors (Lipinski definition) is 4. The highest BCUT2D eigenvalue weighted by Crippen LogP contribution is 2.27. The SMILES string of the molecule is Nc1ccn(CC(=O)NCC2(O)CCCCC2)n1. The Hall–Kier alpha value is -1.56. The van der Waals surface area contributed by atoms with E-state index in [9.17, 15) is 9.90 Å². The highest BCUT2D eigenvalue weighted by atomic mass is 16.3. The highest BCUT2D eigenvalue weighted by Gasteiger charge is 2.29. The Morgan fingerprint density at radius 1 is 1.50 bits per heavy atom. The van der Waals surface area contributed by atoms with Crippen molar-refractivity contribution in [1.82, 2.24) is 15.1 Å². The number of hydrogen-bond donors (Lipinski definition) is 3. The summed E-state index contributed by atoms with van der Waals surface area (Å²) in [5.74, 6) is 0.241. The molecule has 6 heteroatoms. The van der Waals surface area contributed by atoms with Gasteiger partial charge in [0.25, 0.3) is 0 Å². The summed E-state index contributed by atoms with van der Waals surface area (Å²) in [6.45, 7) is 0.454. The molecule has 18 heavy (non-hydrogen) atoms. The van der Waals surface area contributed by atoms with E-state index in [1.807, 2.05) is 0 Å². The number of aromatic nitrogens is 2. The number of nitrogen functional groups attached to an aromatic ring is 1. The van der Waals surface area contributed by atoms with Gasteiger partial charge >= 0.3 is 0 Å². The van der Waals surface area contributed by atoms with Crippen LogP contribution in [0.1, 0.15) is 32.1 Å². The van der Waals surface area contributed by atoms with Gasteiger partial charge in [-0.05, 0) is 18.9 Å². The van der Waals surface area contributed by atoms with E-state index in [4.69, 9.17) is 5.73 Å². The molecule has 0 bridgehead atoms. The van der Waals surface area contributed by atoms with Crippen molar-refractivity contribution in [3.63, 3.8) is 0 Å². The van der Waals surface area contributed by atoms with Crippen LogP contribution in [0.2, 0.25) is 0 Å². The molecule has 1 fully saturated rings. The third-order valence-corrected chi connectivity index (χ3v) is 3.37. The van der Waals surface area contributed by atoms with Crippen LogP contribution in [0.3, 0.4) is 0 Å². The highest BCUT2D eigenvalue weighted by molar-refractivity contribution is 5.75. The van der Waals surface area contributed by atoms with Gasteiger partial charge < -0.3 is 16.2 Å². The molecule has 0 atom stereocenters. The van der Waals surface area contributed by atoms with Crippen molar-refractivity contribution in [2.45, 2.75) is 44.2 Å². The molecule has 1 aliphatic carbocycles. The second-order valence-corrected chi connectivity index (χ2v) is 5.00. The van der Waals surface area contributed by atoms with Crippen molar-refractivity contribution in [2.75, 3.05) is 12.3 Å². The molecule has 0 spiro atoms. The van der Waals surface area contributed by atoms with Crippen LogP contribution in [0.25, 0.3) is 0 Å². The molecule has 100 valence electrons. The smallest absolute Gasteiger partial charge is 0.241 e. The average Bonchev–Trinajstić information content (AvgIpc) is 2.73. The maximum Gasteiger partial charge on any atom is 0.241 e. The molecule has 2 rings (SSSR count). The third kappa shape index (κ3) is 3.46. The number of nitrogens with two attached hydrogens (primary N) is 1. The minimum absolute atomic E-state index is 0.132. The maximum absolute atomic E-state index is 11.7. The Morgan fingerprint density at radius 2 is 2.22 bits per heavy atom. The molecule has 0 aliphatic heterocycles. The van der Waals surface area contributed by atoms with Crippen LogP contribution >= 0.6 is 0 Å². The van der Waals surface area contributed by atoms with E-state index < -0.39 is 5.60 Å². The van der Waals surface area contributed by atoms with E-state index in [0.717, 1.165) is 25.7 Å². The van der Waals surface area contributed by atoms with Gasteiger partial charge in [0.2, 0.25) is 5.91 Å². The lowest BCUT2D eigenvalue weighted by Gasteiger charge is -2.32. The lowest BCUT2D eigenvalue weighted by Crippen LogP contribution is -2.45. The zero-order chi connectivity index (χ0) is 13.0. The van der Waals surface area contributed by atoms with Gasteiger partial charge in [-0.25, -0.2) is 0 Å². The van der Waals surface area contributed by atoms with Crippen LogP contribution in [0, 0.1) is 0 Å².